The minimum Gasteiger partial charge on any atom is -0.318 e. The third-order valence-electron chi connectivity index (χ3n) is 1.23. The van der Waals surface area contributed by atoms with Crippen LogP contribution in [-0.4, -0.2) is 4.89 Å². The third-order valence-corrected chi connectivity index (χ3v) is 2.17. The second-order valence-electron chi connectivity index (χ2n) is 2.07. The average molecular weight is 196 g/mol. The summed E-state index contributed by atoms with van der Waals surface area (Å²) < 4.78 is 47.4. The lowest BCUT2D eigenvalue weighted by Crippen LogP contribution is -2.08. The van der Waals surface area contributed by atoms with Gasteiger partial charge in [0.05, 0.1) is 0 Å². The van der Waals surface area contributed by atoms with Crippen molar-refractivity contribution in [1.29, 1.82) is 0 Å². The van der Waals surface area contributed by atoms with E-state index >= 15 is 0 Å². The van der Waals surface area contributed by atoms with E-state index in [1.807, 2.05) is 0 Å². The van der Waals surface area contributed by atoms with Crippen molar-refractivity contribution in [2.45, 2.75) is 0 Å². The maximum Gasteiger partial charge on any atom is 0.398 e. The standard InChI is InChI=1S/C6H4F3O2P/c7-4-2-1-3-5(6(4)8)12(9,10)11/h1-3H,(H,10,11). The molecule has 0 spiro atoms. The summed E-state index contributed by atoms with van der Waals surface area (Å²) in [6, 6.07) is 2.41. The summed E-state index contributed by atoms with van der Waals surface area (Å²) in [5.74, 6) is -2.97. The van der Waals surface area contributed by atoms with Crippen molar-refractivity contribution in [3.63, 3.8) is 0 Å². The van der Waals surface area contributed by atoms with E-state index in [2.05, 4.69) is 0 Å². The molecule has 0 heterocycles. The van der Waals surface area contributed by atoms with Crippen molar-refractivity contribution in [2.75, 3.05) is 0 Å². The molecule has 1 aromatic carbocycles. The van der Waals surface area contributed by atoms with Crippen molar-refractivity contribution in [2.24, 2.45) is 0 Å². The lowest BCUT2D eigenvalue weighted by atomic mass is 10.3. The molecule has 0 amide bonds. The van der Waals surface area contributed by atoms with E-state index in [4.69, 9.17) is 4.89 Å². The highest BCUT2D eigenvalue weighted by atomic mass is 31.2. The van der Waals surface area contributed by atoms with E-state index in [-0.39, 0.29) is 0 Å². The fourth-order valence-electron chi connectivity index (χ4n) is 0.705. The normalized spacial score (nSPS) is 15.7. The van der Waals surface area contributed by atoms with Crippen molar-refractivity contribution < 1.29 is 22.4 Å². The molecule has 0 aromatic heterocycles. The zero-order valence-corrected chi connectivity index (χ0v) is 6.56. The molecule has 66 valence electrons. The molecule has 0 saturated heterocycles. The van der Waals surface area contributed by atoms with Crippen molar-refractivity contribution in [3.05, 3.63) is 29.8 Å². The van der Waals surface area contributed by atoms with Gasteiger partial charge in [-0.2, -0.15) is 4.20 Å². The molecule has 0 aliphatic heterocycles. The van der Waals surface area contributed by atoms with Gasteiger partial charge in [-0.3, -0.25) is 0 Å². The Kier molecular flexibility index (Phi) is 2.26. The van der Waals surface area contributed by atoms with Crippen LogP contribution >= 0.6 is 7.68 Å². The minimum absolute atomic E-state index is 0.721. The first-order valence-corrected chi connectivity index (χ1v) is 4.45. The van der Waals surface area contributed by atoms with Crippen molar-refractivity contribution in [3.8, 4) is 0 Å². The summed E-state index contributed by atoms with van der Waals surface area (Å²) in [5.41, 5.74) is 0. The minimum atomic E-state index is -5.20. The van der Waals surface area contributed by atoms with Crippen LogP contribution in [0.4, 0.5) is 13.0 Å². The molecule has 0 aliphatic rings. The predicted octanol–water partition coefficient (Wildman–Crippen LogP) is 1.74. The van der Waals surface area contributed by atoms with Crippen LogP contribution in [-0.2, 0) is 4.57 Å². The Bertz CT molecular complexity index is 347. The largest absolute Gasteiger partial charge is 0.398 e. The lowest BCUT2D eigenvalue weighted by Gasteiger charge is -2.02. The fourth-order valence-corrected chi connectivity index (χ4v) is 1.32. The zero-order chi connectivity index (χ0) is 9.35. The summed E-state index contributed by atoms with van der Waals surface area (Å²) in [4.78, 5) is 8.28. The first-order valence-electron chi connectivity index (χ1n) is 2.90. The van der Waals surface area contributed by atoms with Crippen LogP contribution in [0, 0.1) is 11.6 Å². The molecular weight excluding hydrogens is 192 g/mol. The van der Waals surface area contributed by atoms with E-state index < -0.39 is 24.6 Å². The van der Waals surface area contributed by atoms with Crippen LogP contribution in [0.25, 0.3) is 0 Å². The van der Waals surface area contributed by atoms with Gasteiger partial charge in [-0.15, -0.1) is 0 Å². The maximum absolute atomic E-state index is 12.6. The van der Waals surface area contributed by atoms with Gasteiger partial charge in [0.25, 0.3) is 0 Å². The lowest BCUT2D eigenvalue weighted by molar-refractivity contribution is 0.438. The average Bonchev–Trinajstić information content (AvgIpc) is 1.92. The third kappa shape index (κ3) is 1.68. The smallest absolute Gasteiger partial charge is 0.318 e. The van der Waals surface area contributed by atoms with Gasteiger partial charge in [0.15, 0.2) is 11.6 Å². The fraction of sp³-hybridized carbons (Fsp3) is 0. The highest BCUT2D eigenvalue weighted by molar-refractivity contribution is 7.60. The Hall–Kier alpha value is -0.800. The SMILES string of the molecule is O=P(O)(F)c1cccc(F)c1F. The molecule has 12 heavy (non-hydrogen) atoms. The molecule has 0 saturated carbocycles. The first kappa shape index (κ1) is 9.29. The molecule has 2 nitrogen and oxygen atoms in total. The zero-order valence-electron chi connectivity index (χ0n) is 5.67. The van der Waals surface area contributed by atoms with Crippen LogP contribution < -0.4 is 5.30 Å². The van der Waals surface area contributed by atoms with E-state index in [1.165, 1.54) is 0 Å². The van der Waals surface area contributed by atoms with Gasteiger partial charge in [0.1, 0.15) is 5.30 Å². The number of hydrogen-bond acceptors (Lipinski definition) is 1. The van der Waals surface area contributed by atoms with Gasteiger partial charge < -0.3 is 4.89 Å². The maximum atomic E-state index is 12.6. The monoisotopic (exact) mass is 196 g/mol. The van der Waals surface area contributed by atoms with Gasteiger partial charge >= 0.3 is 7.68 Å². The van der Waals surface area contributed by atoms with E-state index in [1.54, 1.807) is 0 Å². The molecule has 0 bridgehead atoms. The molecule has 1 aromatic rings. The van der Waals surface area contributed by atoms with E-state index in [0.29, 0.717) is 0 Å². The summed E-state index contributed by atoms with van der Waals surface area (Å²) in [7, 11) is -5.20. The van der Waals surface area contributed by atoms with Gasteiger partial charge in [0.2, 0.25) is 0 Å². The molecule has 1 unspecified atom stereocenters. The predicted molar refractivity (Wildman–Crippen MR) is 36.9 cm³/mol. The highest BCUT2D eigenvalue weighted by Gasteiger charge is 2.25. The number of halogens is 3. The molecule has 1 rings (SSSR count). The van der Waals surface area contributed by atoms with Crippen molar-refractivity contribution >= 4 is 13.0 Å². The summed E-state index contributed by atoms with van der Waals surface area (Å²) in [6.45, 7) is 0. The topological polar surface area (TPSA) is 37.3 Å². The Balaban J connectivity index is 3.36. The summed E-state index contributed by atoms with van der Waals surface area (Å²) >= 11 is 0. The quantitative estimate of drug-likeness (QED) is 0.694. The Morgan fingerprint density at radius 3 is 2.33 bits per heavy atom. The van der Waals surface area contributed by atoms with Crippen LogP contribution in [0.5, 0.6) is 0 Å². The molecule has 0 fully saturated rings. The summed E-state index contributed by atoms with van der Waals surface area (Å²) in [6.07, 6.45) is 0. The Morgan fingerprint density at radius 1 is 1.33 bits per heavy atom. The molecule has 1 N–H and O–H groups in total. The van der Waals surface area contributed by atoms with Crippen LogP contribution in [0.15, 0.2) is 18.2 Å². The van der Waals surface area contributed by atoms with Crippen LogP contribution in [0.1, 0.15) is 0 Å². The molecule has 1 atom stereocenters. The summed E-state index contributed by atoms with van der Waals surface area (Å²) in [5, 5.41) is -1.14. The Labute approximate surface area is 66.2 Å². The Morgan fingerprint density at radius 2 is 1.92 bits per heavy atom. The molecule has 0 radical (unpaired) electrons. The van der Waals surface area contributed by atoms with E-state index in [9.17, 15) is 17.5 Å². The second-order valence-corrected chi connectivity index (χ2v) is 3.56. The van der Waals surface area contributed by atoms with Crippen LogP contribution in [0.2, 0.25) is 0 Å². The van der Waals surface area contributed by atoms with Gasteiger partial charge in [0, 0.05) is 0 Å². The molecular formula is C6H4F3O2P. The van der Waals surface area contributed by atoms with Crippen LogP contribution in [0.3, 0.4) is 0 Å². The highest BCUT2D eigenvalue weighted by Crippen LogP contribution is 2.41. The van der Waals surface area contributed by atoms with Gasteiger partial charge in [-0.1, -0.05) is 6.07 Å². The van der Waals surface area contributed by atoms with Gasteiger partial charge in [-0.25, -0.2) is 13.3 Å². The van der Waals surface area contributed by atoms with E-state index in [0.717, 1.165) is 18.2 Å². The van der Waals surface area contributed by atoms with Crippen molar-refractivity contribution in [1.82, 2.24) is 0 Å². The number of benzene rings is 1. The molecule has 6 heteroatoms. The first-order chi connectivity index (χ1) is 5.43. The number of rotatable bonds is 1. The number of hydrogen-bond donors (Lipinski definition) is 1. The molecule has 0 aliphatic carbocycles. The van der Waals surface area contributed by atoms with Gasteiger partial charge in [-0.05, 0) is 12.1 Å². The second kappa shape index (κ2) is 2.92.